The second-order valence-electron chi connectivity index (χ2n) is 5.53. The molecule has 2 rings (SSSR count). The molecule has 1 heterocycles. The molecule has 1 aromatic heterocycles. The van der Waals surface area contributed by atoms with E-state index in [-0.39, 0.29) is 17.8 Å². The number of fused-ring (bicyclic) bond motifs is 1. The van der Waals surface area contributed by atoms with Crippen LogP contribution in [-0.2, 0) is 16.0 Å². The maximum atomic E-state index is 12.0. The van der Waals surface area contributed by atoms with E-state index in [1.54, 1.807) is 0 Å². The molecule has 0 radical (unpaired) electrons. The summed E-state index contributed by atoms with van der Waals surface area (Å²) in [4.78, 5) is 23.8. The van der Waals surface area contributed by atoms with E-state index in [4.69, 9.17) is 4.74 Å². The lowest BCUT2D eigenvalue weighted by molar-refractivity contribution is -0.145. The standard InChI is InChI=1S/C15H21NO3/c1-10(2)9-13(15(18)19-3)16-8-7-11-12(16)5-4-6-14(11)17/h7-8,10,13H,4-6,9H2,1-3H3. The minimum atomic E-state index is -0.320. The molecule has 0 N–H and O–H groups in total. The Morgan fingerprint density at radius 3 is 2.79 bits per heavy atom. The highest BCUT2D eigenvalue weighted by atomic mass is 16.5. The number of ketones is 1. The molecule has 1 aliphatic carbocycles. The number of Topliss-reactive ketones (excluding diaryl/α,β-unsaturated/α-hetero) is 1. The van der Waals surface area contributed by atoms with Gasteiger partial charge in [-0.1, -0.05) is 13.8 Å². The van der Waals surface area contributed by atoms with Crippen LogP contribution >= 0.6 is 0 Å². The number of ether oxygens (including phenoxy) is 1. The van der Waals surface area contributed by atoms with Crippen molar-refractivity contribution in [3.63, 3.8) is 0 Å². The van der Waals surface area contributed by atoms with Crippen molar-refractivity contribution in [3.05, 3.63) is 23.5 Å². The van der Waals surface area contributed by atoms with Crippen molar-refractivity contribution in [2.75, 3.05) is 7.11 Å². The number of nitrogens with zero attached hydrogens (tertiary/aromatic N) is 1. The molecule has 1 unspecified atom stereocenters. The molecule has 4 heteroatoms. The molecule has 0 amide bonds. The van der Waals surface area contributed by atoms with Crippen LogP contribution in [0.4, 0.5) is 0 Å². The molecule has 0 spiro atoms. The molecule has 4 nitrogen and oxygen atoms in total. The summed E-state index contributed by atoms with van der Waals surface area (Å²) in [7, 11) is 1.41. The van der Waals surface area contributed by atoms with Crippen LogP contribution in [-0.4, -0.2) is 23.4 Å². The van der Waals surface area contributed by atoms with Crippen molar-refractivity contribution in [3.8, 4) is 0 Å². The van der Waals surface area contributed by atoms with Crippen LogP contribution in [0.25, 0.3) is 0 Å². The first kappa shape index (κ1) is 13.8. The van der Waals surface area contributed by atoms with Gasteiger partial charge in [-0.3, -0.25) is 4.79 Å². The van der Waals surface area contributed by atoms with Crippen LogP contribution in [0.5, 0.6) is 0 Å². The van der Waals surface area contributed by atoms with Gasteiger partial charge in [-0.2, -0.15) is 0 Å². The van der Waals surface area contributed by atoms with Gasteiger partial charge in [0.15, 0.2) is 5.78 Å². The van der Waals surface area contributed by atoms with E-state index in [1.807, 2.05) is 16.8 Å². The molecule has 0 saturated carbocycles. The zero-order chi connectivity index (χ0) is 14.0. The summed E-state index contributed by atoms with van der Waals surface area (Å²) in [5.41, 5.74) is 1.77. The van der Waals surface area contributed by atoms with E-state index >= 15 is 0 Å². The quantitative estimate of drug-likeness (QED) is 0.785. The van der Waals surface area contributed by atoms with Crippen LogP contribution in [0.1, 0.15) is 55.2 Å². The van der Waals surface area contributed by atoms with Crippen molar-refractivity contribution < 1.29 is 14.3 Å². The fraction of sp³-hybridized carbons (Fsp3) is 0.600. The lowest BCUT2D eigenvalue weighted by Crippen LogP contribution is -2.25. The Bertz CT molecular complexity index is 488. The Morgan fingerprint density at radius 2 is 2.16 bits per heavy atom. The van der Waals surface area contributed by atoms with Crippen molar-refractivity contribution in [1.29, 1.82) is 0 Å². The maximum absolute atomic E-state index is 12.0. The smallest absolute Gasteiger partial charge is 0.328 e. The second kappa shape index (κ2) is 5.59. The Morgan fingerprint density at radius 1 is 1.42 bits per heavy atom. The monoisotopic (exact) mass is 263 g/mol. The zero-order valence-electron chi connectivity index (χ0n) is 11.8. The third kappa shape index (κ3) is 2.72. The van der Waals surface area contributed by atoms with Gasteiger partial charge in [-0.15, -0.1) is 0 Å². The molecule has 0 saturated heterocycles. The highest BCUT2D eigenvalue weighted by molar-refractivity contribution is 5.98. The number of esters is 1. The van der Waals surface area contributed by atoms with E-state index in [2.05, 4.69) is 13.8 Å². The van der Waals surface area contributed by atoms with E-state index in [9.17, 15) is 9.59 Å². The second-order valence-corrected chi connectivity index (χ2v) is 5.53. The topological polar surface area (TPSA) is 48.3 Å². The van der Waals surface area contributed by atoms with Gasteiger partial charge >= 0.3 is 5.97 Å². The third-order valence-corrected chi connectivity index (χ3v) is 3.65. The average Bonchev–Trinajstić information content (AvgIpc) is 2.80. The summed E-state index contributed by atoms with van der Waals surface area (Å²) >= 11 is 0. The molecule has 0 fully saturated rings. The molecule has 1 atom stereocenters. The summed E-state index contributed by atoms with van der Waals surface area (Å²) < 4.78 is 6.85. The van der Waals surface area contributed by atoms with Gasteiger partial charge in [-0.25, -0.2) is 4.79 Å². The average molecular weight is 263 g/mol. The third-order valence-electron chi connectivity index (χ3n) is 3.65. The lowest BCUT2D eigenvalue weighted by atomic mass is 9.96. The van der Waals surface area contributed by atoms with Crippen LogP contribution in [0.3, 0.4) is 0 Å². The summed E-state index contributed by atoms with van der Waals surface area (Å²) in [6.07, 6.45) is 4.93. The molecule has 1 aliphatic rings. The first-order chi connectivity index (χ1) is 9.04. The predicted molar refractivity (Wildman–Crippen MR) is 72.2 cm³/mol. The fourth-order valence-corrected chi connectivity index (χ4v) is 2.75. The van der Waals surface area contributed by atoms with Gasteiger partial charge < -0.3 is 9.30 Å². The normalized spacial score (nSPS) is 16.3. The van der Waals surface area contributed by atoms with Crippen molar-refractivity contribution in [2.45, 2.75) is 45.6 Å². The minimum absolute atomic E-state index is 0.188. The SMILES string of the molecule is COC(=O)C(CC(C)C)n1ccc2c1CCCC2=O. The van der Waals surface area contributed by atoms with Crippen molar-refractivity contribution >= 4 is 11.8 Å². The van der Waals surface area contributed by atoms with Crippen LogP contribution in [0.2, 0.25) is 0 Å². The van der Waals surface area contributed by atoms with E-state index in [0.717, 1.165) is 30.5 Å². The minimum Gasteiger partial charge on any atom is -0.467 e. The van der Waals surface area contributed by atoms with Gasteiger partial charge in [0.25, 0.3) is 0 Å². The van der Waals surface area contributed by atoms with Crippen molar-refractivity contribution in [2.24, 2.45) is 5.92 Å². The Hall–Kier alpha value is -1.58. The van der Waals surface area contributed by atoms with Crippen LogP contribution in [0.15, 0.2) is 12.3 Å². The van der Waals surface area contributed by atoms with Crippen LogP contribution < -0.4 is 0 Å². The molecular formula is C15H21NO3. The van der Waals surface area contributed by atoms with Gasteiger partial charge in [0.05, 0.1) is 7.11 Å². The summed E-state index contributed by atoms with van der Waals surface area (Å²) in [6.45, 7) is 4.16. The predicted octanol–water partition coefficient (Wildman–Crippen LogP) is 2.77. The fourth-order valence-electron chi connectivity index (χ4n) is 2.75. The number of rotatable bonds is 4. The largest absolute Gasteiger partial charge is 0.467 e. The summed E-state index contributed by atoms with van der Waals surface area (Å²) in [6, 6.07) is 1.52. The Balaban J connectivity index is 2.37. The number of carbonyl (C=O) groups is 2. The van der Waals surface area contributed by atoms with Crippen LogP contribution in [0, 0.1) is 5.92 Å². The number of carbonyl (C=O) groups excluding carboxylic acids is 2. The highest BCUT2D eigenvalue weighted by Gasteiger charge is 2.28. The molecule has 1 aromatic rings. The summed E-state index contributed by atoms with van der Waals surface area (Å²) in [5.74, 6) is 0.347. The van der Waals surface area contributed by atoms with Gasteiger partial charge in [0.1, 0.15) is 6.04 Å². The summed E-state index contributed by atoms with van der Waals surface area (Å²) in [5, 5.41) is 0. The van der Waals surface area contributed by atoms with Gasteiger partial charge in [0, 0.05) is 23.9 Å². The van der Waals surface area contributed by atoms with E-state index < -0.39 is 0 Å². The highest BCUT2D eigenvalue weighted by Crippen LogP contribution is 2.28. The maximum Gasteiger partial charge on any atom is 0.328 e. The molecule has 0 aromatic carbocycles. The van der Waals surface area contributed by atoms with Crippen molar-refractivity contribution in [1.82, 2.24) is 4.57 Å². The van der Waals surface area contributed by atoms with E-state index in [0.29, 0.717) is 12.3 Å². The Kier molecular flexibility index (Phi) is 4.08. The Labute approximate surface area is 113 Å². The van der Waals surface area contributed by atoms with Gasteiger partial charge in [-0.05, 0) is 31.2 Å². The zero-order valence-corrected chi connectivity index (χ0v) is 11.8. The number of hydrogen-bond donors (Lipinski definition) is 0. The molecule has 0 aliphatic heterocycles. The first-order valence-electron chi connectivity index (χ1n) is 6.85. The first-order valence-corrected chi connectivity index (χ1v) is 6.85. The number of hydrogen-bond acceptors (Lipinski definition) is 3. The number of aromatic nitrogens is 1. The van der Waals surface area contributed by atoms with Gasteiger partial charge in [0.2, 0.25) is 0 Å². The molecule has 0 bridgehead atoms. The molecule has 104 valence electrons. The van der Waals surface area contributed by atoms with E-state index in [1.165, 1.54) is 7.11 Å². The number of methoxy groups -OCH3 is 1. The lowest BCUT2D eigenvalue weighted by Gasteiger charge is -2.23. The molecular weight excluding hydrogens is 242 g/mol. The molecule has 19 heavy (non-hydrogen) atoms.